The van der Waals surface area contributed by atoms with E-state index in [1.807, 2.05) is 6.92 Å². The van der Waals surface area contributed by atoms with Gasteiger partial charge in [-0.2, -0.15) is 0 Å². The molecule has 0 spiro atoms. The first-order valence-corrected chi connectivity index (χ1v) is 6.69. The molecule has 1 unspecified atom stereocenters. The summed E-state index contributed by atoms with van der Waals surface area (Å²) in [5.41, 5.74) is 1.62. The topological polar surface area (TPSA) is 84.5 Å². The molecule has 1 aromatic heterocycles. The van der Waals surface area contributed by atoms with Gasteiger partial charge >= 0.3 is 12.1 Å². The Kier molecular flexibility index (Phi) is 4.60. The van der Waals surface area contributed by atoms with Gasteiger partial charge in [0.1, 0.15) is 6.04 Å². The maximum atomic E-state index is 12.1. The Hall–Kier alpha value is -2.05. The van der Waals surface area contributed by atoms with Gasteiger partial charge in [-0.25, -0.2) is 14.6 Å². The molecule has 110 valence electrons. The van der Waals surface area contributed by atoms with E-state index in [4.69, 9.17) is 9.47 Å². The van der Waals surface area contributed by atoms with E-state index in [-0.39, 0.29) is 6.54 Å². The van der Waals surface area contributed by atoms with Gasteiger partial charge < -0.3 is 14.5 Å². The number of imidazole rings is 1. The van der Waals surface area contributed by atoms with Crippen LogP contribution in [0, 0.1) is 0 Å². The number of amides is 1. The molecular weight excluding hydrogens is 262 g/mol. The van der Waals surface area contributed by atoms with Crippen LogP contribution in [0.15, 0.2) is 6.33 Å². The van der Waals surface area contributed by atoms with Gasteiger partial charge in [0.15, 0.2) is 0 Å². The number of carbonyl (C=O) groups excluding carboxylic acids is 2. The lowest BCUT2D eigenvalue weighted by Crippen LogP contribution is -2.49. The Morgan fingerprint density at radius 3 is 3.05 bits per heavy atom. The highest BCUT2D eigenvalue weighted by Crippen LogP contribution is 2.22. The summed E-state index contributed by atoms with van der Waals surface area (Å²) in [5, 5.41) is 0. The fourth-order valence-electron chi connectivity index (χ4n) is 2.16. The monoisotopic (exact) mass is 281 g/mol. The molecule has 0 bridgehead atoms. The quantitative estimate of drug-likeness (QED) is 0.663. The highest BCUT2D eigenvalue weighted by Gasteiger charge is 2.37. The number of carbonyl (C=O) groups is 2. The van der Waals surface area contributed by atoms with Crippen LogP contribution in [0.25, 0.3) is 0 Å². The Balaban J connectivity index is 2.11. The fourth-order valence-corrected chi connectivity index (χ4v) is 2.16. The van der Waals surface area contributed by atoms with Gasteiger partial charge in [-0.1, -0.05) is 13.3 Å². The van der Waals surface area contributed by atoms with Gasteiger partial charge in [-0.05, 0) is 6.42 Å². The van der Waals surface area contributed by atoms with E-state index in [1.54, 1.807) is 6.33 Å². The standard InChI is InChI=1S/C13H19N3O4/c1-3-4-5-20-13(18)16-7-10-9(14-8-15-10)6-11(16)12(17)19-2/h8,11H,3-7H2,1-2H3,(H,14,15). The number of hydrogen-bond donors (Lipinski definition) is 1. The first-order chi connectivity index (χ1) is 9.67. The van der Waals surface area contributed by atoms with Gasteiger partial charge in [0, 0.05) is 6.42 Å². The molecule has 7 heteroatoms. The van der Waals surface area contributed by atoms with E-state index in [2.05, 4.69) is 9.97 Å². The maximum absolute atomic E-state index is 12.1. The van der Waals surface area contributed by atoms with Gasteiger partial charge in [0.05, 0.1) is 38.0 Å². The number of nitrogens with zero attached hydrogens (tertiary/aromatic N) is 2. The van der Waals surface area contributed by atoms with Crippen LogP contribution in [0.5, 0.6) is 0 Å². The largest absolute Gasteiger partial charge is 0.467 e. The van der Waals surface area contributed by atoms with E-state index in [0.29, 0.717) is 13.0 Å². The second kappa shape index (κ2) is 6.40. The number of aromatic amines is 1. The molecule has 0 saturated carbocycles. The van der Waals surface area contributed by atoms with Gasteiger partial charge in [0.25, 0.3) is 0 Å². The van der Waals surface area contributed by atoms with Gasteiger partial charge in [-0.15, -0.1) is 0 Å². The summed E-state index contributed by atoms with van der Waals surface area (Å²) in [5.74, 6) is -0.453. The van der Waals surface area contributed by atoms with Crippen molar-refractivity contribution in [2.75, 3.05) is 13.7 Å². The van der Waals surface area contributed by atoms with E-state index in [9.17, 15) is 9.59 Å². The average Bonchev–Trinajstić information content (AvgIpc) is 2.92. The molecule has 1 aliphatic rings. The number of rotatable bonds is 4. The number of methoxy groups -OCH3 is 1. The summed E-state index contributed by atoms with van der Waals surface area (Å²) >= 11 is 0. The van der Waals surface area contributed by atoms with Crippen molar-refractivity contribution in [3.05, 3.63) is 17.7 Å². The van der Waals surface area contributed by atoms with Crippen LogP contribution in [0.3, 0.4) is 0 Å². The molecule has 2 heterocycles. The number of esters is 1. The zero-order valence-electron chi connectivity index (χ0n) is 11.7. The summed E-state index contributed by atoms with van der Waals surface area (Å²) in [6.45, 7) is 2.65. The van der Waals surface area contributed by atoms with Crippen molar-refractivity contribution < 1.29 is 19.1 Å². The molecule has 0 fully saturated rings. The van der Waals surface area contributed by atoms with Crippen LogP contribution in [0.2, 0.25) is 0 Å². The number of unbranched alkanes of at least 4 members (excludes halogenated alkanes) is 1. The molecule has 1 amide bonds. The summed E-state index contributed by atoms with van der Waals surface area (Å²) in [4.78, 5) is 32.4. The minimum atomic E-state index is -0.676. The highest BCUT2D eigenvalue weighted by molar-refractivity contribution is 5.82. The van der Waals surface area contributed by atoms with Crippen molar-refractivity contribution in [3.63, 3.8) is 0 Å². The van der Waals surface area contributed by atoms with Crippen LogP contribution in [-0.4, -0.2) is 46.7 Å². The summed E-state index contributed by atoms with van der Waals surface area (Å²) < 4.78 is 9.94. The zero-order valence-corrected chi connectivity index (χ0v) is 11.7. The van der Waals surface area contributed by atoms with Crippen LogP contribution < -0.4 is 0 Å². The normalized spacial score (nSPS) is 17.5. The molecular formula is C13H19N3O4. The molecule has 1 N–H and O–H groups in total. The zero-order chi connectivity index (χ0) is 14.5. The lowest BCUT2D eigenvalue weighted by atomic mass is 10.0. The molecule has 1 aliphatic heterocycles. The number of nitrogens with one attached hydrogen (secondary N) is 1. The number of fused-ring (bicyclic) bond motifs is 1. The van der Waals surface area contributed by atoms with E-state index < -0.39 is 18.1 Å². The lowest BCUT2D eigenvalue weighted by molar-refractivity contribution is -0.147. The minimum absolute atomic E-state index is 0.278. The van der Waals surface area contributed by atoms with Crippen LogP contribution in [0.4, 0.5) is 4.79 Å². The van der Waals surface area contributed by atoms with Crippen LogP contribution >= 0.6 is 0 Å². The van der Waals surface area contributed by atoms with Crippen molar-refractivity contribution in [1.82, 2.24) is 14.9 Å². The molecule has 1 atom stereocenters. The van der Waals surface area contributed by atoms with Crippen LogP contribution in [-0.2, 0) is 27.2 Å². The molecule has 0 radical (unpaired) electrons. The van der Waals surface area contributed by atoms with Crippen molar-refractivity contribution >= 4 is 12.1 Å². The van der Waals surface area contributed by atoms with Crippen LogP contribution in [0.1, 0.15) is 31.2 Å². The first-order valence-electron chi connectivity index (χ1n) is 6.69. The van der Waals surface area contributed by atoms with E-state index >= 15 is 0 Å². The summed E-state index contributed by atoms with van der Waals surface area (Å²) in [7, 11) is 1.31. The smallest absolute Gasteiger partial charge is 0.410 e. The van der Waals surface area contributed by atoms with Crippen molar-refractivity contribution in [2.45, 2.75) is 38.8 Å². The minimum Gasteiger partial charge on any atom is -0.467 e. The van der Waals surface area contributed by atoms with Gasteiger partial charge in [0.2, 0.25) is 0 Å². The number of ether oxygens (including phenoxy) is 2. The second-order valence-electron chi connectivity index (χ2n) is 4.67. The Bertz CT molecular complexity index is 486. The molecule has 1 aromatic rings. The average molecular weight is 281 g/mol. The van der Waals surface area contributed by atoms with Gasteiger partial charge in [-0.3, -0.25) is 4.90 Å². The maximum Gasteiger partial charge on any atom is 0.410 e. The molecule has 7 nitrogen and oxygen atoms in total. The van der Waals surface area contributed by atoms with Crippen molar-refractivity contribution in [3.8, 4) is 0 Å². The summed E-state index contributed by atoms with van der Waals surface area (Å²) in [6, 6.07) is -0.676. The molecule has 0 aliphatic carbocycles. The SMILES string of the molecule is CCCCOC(=O)N1Cc2[nH]cnc2CC1C(=O)OC. The molecule has 0 saturated heterocycles. The third-order valence-electron chi connectivity index (χ3n) is 3.33. The fraction of sp³-hybridized carbons (Fsp3) is 0.615. The summed E-state index contributed by atoms with van der Waals surface area (Å²) in [6.07, 6.45) is 3.16. The Labute approximate surface area is 117 Å². The lowest BCUT2D eigenvalue weighted by Gasteiger charge is -2.32. The predicted molar refractivity (Wildman–Crippen MR) is 69.9 cm³/mol. The van der Waals surface area contributed by atoms with Crippen molar-refractivity contribution in [1.29, 1.82) is 0 Å². The number of H-pyrrole nitrogens is 1. The van der Waals surface area contributed by atoms with Crippen molar-refractivity contribution in [2.24, 2.45) is 0 Å². The van der Waals surface area contributed by atoms with E-state index in [1.165, 1.54) is 12.0 Å². The number of hydrogen-bond acceptors (Lipinski definition) is 5. The van der Waals surface area contributed by atoms with E-state index in [0.717, 1.165) is 24.2 Å². The molecule has 0 aromatic carbocycles. The first kappa shape index (κ1) is 14.4. The number of aromatic nitrogens is 2. The predicted octanol–water partition coefficient (Wildman–Crippen LogP) is 1.25. The third kappa shape index (κ3) is 2.92. The Morgan fingerprint density at radius 1 is 1.55 bits per heavy atom. The molecule has 2 rings (SSSR count). The Morgan fingerprint density at radius 2 is 2.35 bits per heavy atom. The highest BCUT2D eigenvalue weighted by atomic mass is 16.6. The third-order valence-corrected chi connectivity index (χ3v) is 3.33. The second-order valence-corrected chi connectivity index (χ2v) is 4.67. The molecule has 20 heavy (non-hydrogen) atoms.